The highest BCUT2D eigenvalue weighted by molar-refractivity contribution is 8.00. The zero-order chi connectivity index (χ0) is 23.6. The standard InChI is InChI=1S/C23H23F4N3O2S/c24-19-4-2-1-3-18(19)21-30(20(31)14-33-21)13-15-9-11-29(12-10-15)22(32)28-17-7-5-16(6-8-17)23(25,26)27/h1-8,15,21H,9-14H2,(H,28,32). The van der Waals surface area contributed by atoms with Crippen LogP contribution >= 0.6 is 11.8 Å². The van der Waals surface area contributed by atoms with Crippen molar-refractivity contribution in [3.05, 3.63) is 65.5 Å². The molecule has 0 saturated carbocycles. The zero-order valence-electron chi connectivity index (χ0n) is 17.6. The number of anilines is 1. The second-order valence-electron chi connectivity index (χ2n) is 8.17. The average Bonchev–Trinajstić information content (AvgIpc) is 3.14. The second-order valence-corrected chi connectivity index (χ2v) is 9.24. The van der Waals surface area contributed by atoms with E-state index in [2.05, 4.69) is 5.32 Å². The van der Waals surface area contributed by atoms with Crippen molar-refractivity contribution in [3.8, 4) is 0 Å². The Morgan fingerprint density at radius 1 is 1.06 bits per heavy atom. The van der Waals surface area contributed by atoms with Gasteiger partial charge in [-0.1, -0.05) is 18.2 Å². The van der Waals surface area contributed by atoms with E-state index in [1.807, 2.05) is 0 Å². The number of nitrogens with zero attached hydrogens (tertiary/aromatic N) is 2. The van der Waals surface area contributed by atoms with E-state index in [4.69, 9.17) is 0 Å². The summed E-state index contributed by atoms with van der Waals surface area (Å²) in [7, 11) is 0. The monoisotopic (exact) mass is 481 g/mol. The Balaban J connectivity index is 1.31. The van der Waals surface area contributed by atoms with Crippen LogP contribution in [0.25, 0.3) is 0 Å². The van der Waals surface area contributed by atoms with Crippen LogP contribution in [0.5, 0.6) is 0 Å². The van der Waals surface area contributed by atoms with Crippen LogP contribution in [0.3, 0.4) is 0 Å². The number of piperidine rings is 1. The second kappa shape index (κ2) is 9.62. The van der Waals surface area contributed by atoms with Gasteiger partial charge in [-0.3, -0.25) is 4.79 Å². The van der Waals surface area contributed by atoms with Gasteiger partial charge in [-0.15, -0.1) is 11.8 Å². The molecule has 176 valence electrons. The molecule has 1 atom stereocenters. The quantitative estimate of drug-likeness (QED) is 0.598. The smallest absolute Gasteiger partial charge is 0.325 e. The van der Waals surface area contributed by atoms with Gasteiger partial charge >= 0.3 is 12.2 Å². The highest BCUT2D eigenvalue weighted by Crippen LogP contribution is 2.40. The average molecular weight is 482 g/mol. The number of hydrogen-bond donors (Lipinski definition) is 1. The number of hydrogen-bond acceptors (Lipinski definition) is 3. The molecule has 2 aliphatic rings. The van der Waals surface area contributed by atoms with Gasteiger partial charge in [0.05, 0.1) is 11.3 Å². The van der Waals surface area contributed by atoms with E-state index in [1.54, 1.807) is 28.0 Å². The Morgan fingerprint density at radius 3 is 2.36 bits per heavy atom. The first-order valence-electron chi connectivity index (χ1n) is 10.6. The molecule has 2 aliphatic heterocycles. The molecule has 3 amide bonds. The third-order valence-corrected chi connectivity index (χ3v) is 7.20. The number of amides is 3. The van der Waals surface area contributed by atoms with Crippen LogP contribution in [-0.2, 0) is 11.0 Å². The van der Waals surface area contributed by atoms with Crippen molar-refractivity contribution < 1.29 is 27.2 Å². The van der Waals surface area contributed by atoms with Crippen molar-refractivity contribution in [1.29, 1.82) is 0 Å². The molecule has 2 heterocycles. The summed E-state index contributed by atoms with van der Waals surface area (Å²) in [6.07, 6.45) is -3.07. The van der Waals surface area contributed by atoms with E-state index in [-0.39, 0.29) is 29.0 Å². The minimum atomic E-state index is -4.43. The fourth-order valence-corrected chi connectivity index (χ4v) is 5.35. The lowest BCUT2D eigenvalue weighted by Gasteiger charge is -2.35. The van der Waals surface area contributed by atoms with Crippen LogP contribution in [-0.4, -0.2) is 47.1 Å². The van der Waals surface area contributed by atoms with Crippen molar-refractivity contribution in [2.45, 2.75) is 24.4 Å². The molecule has 33 heavy (non-hydrogen) atoms. The van der Waals surface area contributed by atoms with Gasteiger partial charge in [-0.2, -0.15) is 13.2 Å². The van der Waals surface area contributed by atoms with Gasteiger partial charge in [0.2, 0.25) is 5.91 Å². The molecule has 2 fully saturated rings. The first kappa shape index (κ1) is 23.4. The van der Waals surface area contributed by atoms with Crippen molar-refractivity contribution in [3.63, 3.8) is 0 Å². The predicted molar refractivity (Wildman–Crippen MR) is 118 cm³/mol. The van der Waals surface area contributed by atoms with Crippen LogP contribution in [0.2, 0.25) is 0 Å². The SMILES string of the molecule is O=C(Nc1ccc(C(F)(F)F)cc1)N1CCC(CN2C(=O)CSC2c2ccccc2F)CC1. The zero-order valence-corrected chi connectivity index (χ0v) is 18.5. The van der Waals surface area contributed by atoms with Crippen LogP contribution in [0.15, 0.2) is 48.5 Å². The Hall–Kier alpha value is -2.75. The first-order chi connectivity index (χ1) is 15.7. The van der Waals surface area contributed by atoms with Crippen molar-refractivity contribution in [1.82, 2.24) is 9.80 Å². The number of rotatable bonds is 4. The fourth-order valence-electron chi connectivity index (χ4n) is 4.13. The maximum Gasteiger partial charge on any atom is 0.416 e. The Labute approximate surface area is 193 Å². The highest BCUT2D eigenvalue weighted by atomic mass is 32.2. The van der Waals surface area contributed by atoms with E-state index in [1.165, 1.54) is 30.0 Å². The van der Waals surface area contributed by atoms with E-state index < -0.39 is 11.7 Å². The summed E-state index contributed by atoms with van der Waals surface area (Å²) in [5.41, 5.74) is 0.0221. The van der Waals surface area contributed by atoms with Gasteiger partial charge in [-0.25, -0.2) is 9.18 Å². The van der Waals surface area contributed by atoms with Gasteiger partial charge in [0.25, 0.3) is 0 Å². The maximum absolute atomic E-state index is 14.3. The molecule has 0 aromatic heterocycles. The van der Waals surface area contributed by atoms with Crippen LogP contribution in [0.4, 0.5) is 28.0 Å². The number of urea groups is 1. The third-order valence-electron chi connectivity index (χ3n) is 5.96. The van der Waals surface area contributed by atoms with Crippen LogP contribution in [0.1, 0.15) is 29.3 Å². The van der Waals surface area contributed by atoms with Crippen molar-refractivity contribution in [2.24, 2.45) is 5.92 Å². The molecular formula is C23H23F4N3O2S. The van der Waals surface area contributed by atoms with Crippen molar-refractivity contribution in [2.75, 3.05) is 30.7 Å². The number of alkyl halides is 3. The lowest BCUT2D eigenvalue weighted by atomic mass is 9.96. The minimum Gasteiger partial charge on any atom is -0.325 e. The molecule has 2 saturated heterocycles. The molecule has 0 radical (unpaired) electrons. The largest absolute Gasteiger partial charge is 0.416 e. The van der Waals surface area contributed by atoms with Gasteiger partial charge in [0.15, 0.2) is 0 Å². The normalized spacial score (nSPS) is 19.8. The summed E-state index contributed by atoms with van der Waals surface area (Å²) >= 11 is 1.41. The number of nitrogens with one attached hydrogen (secondary N) is 1. The predicted octanol–water partition coefficient (Wildman–Crippen LogP) is 5.36. The summed E-state index contributed by atoms with van der Waals surface area (Å²) < 4.78 is 52.3. The summed E-state index contributed by atoms with van der Waals surface area (Å²) in [5, 5.41) is 2.28. The lowest BCUT2D eigenvalue weighted by Crippen LogP contribution is -2.44. The Morgan fingerprint density at radius 2 is 1.73 bits per heavy atom. The van der Waals surface area contributed by atoms with Crippen LogP contribution < -0.4 is 5.32 Å². The number of carbonyl (C=O) groups is 2. The van der Waals surface area contributed by atoms with Crippen LogP contribution in [0, 0.1) is 11.7 Å². The summed E-state index contributed by atoms with van der Waals surface area (Å²) in [6, 6.07) is 10.4. The number of likely N-dealkylation sites (tertiary alicyclic amines) is 1. The maximum atomic E-state index is 14.3. The van der Waals surface area contributed by atoms with Crippen molar-refractivity contribution >= 4 is 29.4 Å². The molecule has 2 aromatic rings. The molecule has 0 spiro atoms. The molecular weight excluding hydrogens is 458 g/mol. The minimum absolute atomic E-state index is 0.0178. The van der Waals surface area contributed by atoms with Gasteiger partial charge in [0.1, 0.15) is 11.2 Å². The Kier molecular flexibility index (Phi) is 6.83. The topological polar surface area (TPSA) is 52.7 Å². The molecule has 5 nitrogen and oxygen atoms in total. The molecule has 4 rings (SSSR count). The van der Waals surface area contributed by atoms with Gasteiger partial charge in [0, 0.05) is 30.9 Å². The molecule has 0 bridgehead atoms. The molecule has 0 aliphatic carbocycles. The molecule has 1 N–H and O–H groups in total. The summed E-state index contributed by atoms with van der Waals surface area (Å²) in [6.45, 7) is 1.44. The summed E-state index contributed by atoms with van der Waals surface area (Å²) in [5.74, 6) is 0.144. The number of halogens is 4. The van der Waals surface area contributed by atoms with E-state index in [9.17, 15) is 27.2 Å². The van der Waals surface area contributed by atoms with E-state index >= 15 is 0 Å². The third kappa shape index (κ3) is 5.43. The van der Waals surface area contributed by atoms with E-state index in [0.717, 1.165) is 12.1 Å². The number of carbonyl (C=O) groups excluding carboxylic acids is 2. The number of benzene rings is 2. The first-order valence-corrected chi connectivity index (χ1v) is 11.7. The molecule has 10 heteroatoms. The summed E-state index contributed by atoms with van der Waals surface area (Å²) in [4.78, 5) is 28.3. The van der Waals surface area contributed by atoms with Gasteiger partial charge in [-0.05, 0) is 49.1 Å². The lowest BCUT2D eigenvalue weighted by molar-refractivity contribution is -0.137. The van der Waals surface area contributed by atoms with E-state index in [0.29, 0.717) is 49.5 Å². The fraction of sp³-hybridized carbons (Fsp3) is 0.391. The number of thioether (sulfide) groups is 1. The Bertz CT molecular complexity index is 1010. The molecule has 1 unspecified atom stereocenters. The highest BCUT2D eigenvalue weighted by Gasteiger charge is 2.36. The molecule has 2 aromatic carbocycles. The van der Waals surface area contributed by atoms with Gasteiger partial charge < -0.3 is 15.1 Å².